The minimum atomic E-state index is -0.411. The van der Waals surface area contributed by atoms with Gasteiger partial charge in [-0.25, -0.2) is 4.39 Å². The predicted octanol–water partition coefficient (Wildman–Crippen LogP) is 4.18. The third-order valence-electron chi connectivity index (χ3n) is 2.66. The smallest absolute Gasteiger partial charge is 0.130 e. The van der Waals surface area contributed by atoms with Crippen LogP contribution >= 0.6 is 15.9 Å². The van der Waals surface area contributed by atoms with Crippen molar-refractivity contribution in [3.63, 3.8) is 0 Å². The maximum Gasteiger partial charge on any atom is 0.130 e. The van der Waals surface area contributed by atoms with E-state index >= 15 is 0 Å². The van der Waals surface area contributed by atoms with Gasteiger partial charge in [0.1, 0.15) is 5.82 Å². The van der Waals surface area contributed by atoms with Crippen LogP contribution in [-0.4, -0.2) is 0 Å². The molecule has 2 aromatic rings. The highest BCUT2D eigenvalue weighted by atomic mass is 79.9. The summed E-state index contributed by atoms with van der Waals surface area (Å²) in [6.45, 7) is 0.583. The molecule has 2 nitrogen and oxygen atoms in total. The number of hydrogen-bond acceptors (Lipinski definition) is 2. The molecule has 0 radical (unpaired) electrons. The molecule has 0 unspecified atom stereocenters. The lowest BCUT2D eigenvalue weighted by atomic mass is 10.1. The SMILES string of the molecule is N#Cc1ccc(COCc2ccccc2Br)c(F)c1. The van der Waals surface area contributed by atoms with Crippen molar-refractivity contribution in [1.82, 2.24) is 0 Å². The lowest BCUT2D eigenvalue weighted by Crippen LogP contribution is -1.98. The summed E-state index contributed by atoms with van der Waals surface area (Å²) in [5.41, 5.74) is 1.77. The Bertz CT molecular complexity index is 622. The number of benzene rings is 2. The molecule has 0 saturated heterocycles. The van der Waals surface area contributed by atoms with E-state index in [1.807, 2.05) is 30.3 Å². The average Bonchev–Trinajstić information content (AvgIpc) is 2.42. The molecular formula is C15H11BrFNO. The van der Waals surface area contributed by atoms with Gasteiger partial charge in [0.25, 0.3) is 0 Å². The molecule has 0 amide bonds. The first-order chi connectivity index (χ1) is 9.20. The van der Waals surface area contributed by atoms with Crippen molar-refractivity contribution in [1.29, 1.82) is 5.26 Å². The normalized spacial score (nSPS) is 10.2. The molecule has 0 aliphatic rings. The molecule has 0 heterocycles. The van der Waals surface area contributed by atoms with E-state index in [4.69, 9.17) is 10.00 Å². The molecule has 0 spiro atoms. The van der Waals surface area contributed by atoms with Crippen molar-refractivity contribution in [2.45, 2.75) is 13.2 Å². The van der Waals surface area contributed by atoms with Crippen LogP contribution < -0.4 is 0 Å². The fraction of sp³-hybridized carbons (Fsp3) is 0.133. The summed E-state index contributed by atoms with van der Waals surface area (Å²) in [5, 5.41) is 8.66. The Morgan fingerprint density at radius 1 is 1.11 bits per heavy atom. The fourth-order valence-corrected chi connectivity index (χ4v) is 2.02. The Morgan fingerprint density at radius 2 is 1.84 bits per heavy atom. The Labute approximate surface area is 119 Å². The molecule has 96 valence electrons. The third kappa shape index (κ3) is 3.63. The summed E-state index contributed by atoms with van der Waals surface area (Å²) in [6.07, 6.45) is 0. The predicted molar refractivity (Wildman–Crippen MR) is 73.8 cm³/mol. The first-order valence-corrected chi connectivity index (χ1v) is 6.49. The highest BCUT2D eigenvalue weighted by Gasteiger charge is 2.04. The van der Waals surface area contributed by atoms with Crippen molar-refractivity contribution in [2.24, 2.45) is 0 Å². The highest BCUT2D eigenvalue weighted by molar-refractivity contribution is 9.10. The summed E-state index contributed by atoms with van der Waals surface area (Å²) in [7, 11) is 0. The first-order valence-electron chi connectivity index (χ1n) is 5.70. The number of rotatable bonds is 4. The van der Waals surface area contributed by atoms with Gasteiger partial charge in [0.15, 0.2) is 0 Å². The van der Waals surface area contributed by atoms with Crippen LogP contribution in [0.5, 0.6) is 0 Å². The first kappa shape index (κ1) is 13.7. The van der Waals surface area contributed by atoms with Crippen molar-refractivity contribution >= 4 is 15.9 Å². The van der Waals surface area contributed by atoms with Gasteiger partial charge in [0, 0.05) is 10.0 Å². The molecular weight excluding hydrogens is 309 g/mol. The zero-order valence-corrected chi connectivity index (χ0v) is 11.7. The Hall–Kier alpha value is -1.70. The summed E-state index contributed by atoms with van der Waals surface area (Å²) in [5.74, 6) is -0.411. The largest absolute Gasteiger partial charge is 0.372 e. The number of nitrogens with zero attached hydrogens (tertiary/aromatic N) is 1. The lowest BCUT2D eigenvalue weighted by Gasteiger charge is -2.07. The van der Waals surface area contributed by atoms with E-state index in [1.165, 1.54) is 6.07 Å². The molecule has 0 atom stereocenters. The van der Waals surface area contributed by atoms with Gasteiger partial charge in [-0.2, -0.15) is 5.26 Å². The van der Waals surface area contributed by atoms with Gasteiger partial charge in [-0.3, -0.25) is 0 Å². The number of halogens is 2. The Kier molecular flexibility index (Phi) is 4.67. The molecule has 2 aromatic carbocycles. The van der Waals surface area contributed by atoms with Crippen LogP contribution in [0.2, 0.25) is 0 Å². The van der Waals surface area contributed by atoms with E-state index in [0.29, 0.717) is 17.7 Å². The number of nitriles is 1. The van der Waals surface area contributed by atoms with Gasteiger partial charge in [-0.05, 0) is 23.8 Å². The highest BCUT2D eigenvalue weighted by Crippen LogP contribution is 2.18. The van der Waals surface area contributed by atoms with Gasteiger partial charge >= 0.3 is 0 Å². The number of ether oxygens (including phenoxy) is 1. The zero-order valence-electron chi connectivity index (χ0n) is 10.1. The molecule has 0 fully saturated rings. The van der Waals surface area contributed by atoms with Crippen LogP contribution in [0.1, 0.15) is 16.7 Å². The van der Waals surface area contributed by atoms with Crippen LogP contribution in [0.15, 0.2) is 46.9 Å². The maximum absolute atomic E-state index is 13.6. The van der Waals surface area contributed by atoms with Gasteiger partial charge in [-0.15, -0.1) is 0 Å². The molecule has 0 aliphatic heterocycles. The molecule has 0 aromatic heterocycles. The van der Waals surface area contributed by atoms with E-state index in [1.54, 1.807) is 12.1 Å². The molecule has 2 rings (SSSR count). The fourth-order valence-electron chi connectivity index (χ4n) is 1.62. The lowest BCUT2D eigenvalue weighted by molar-refractivity contribution is 0.104. The Morgan fingerprint density at radius 3 is 2.53 bits per heavy atom. The van der Waals surface area contributed by atoms with Crippen LogP contribution in [0.25, 0.3) is 0 Å². The van der Waals surface area contributed by atoms with Crippen molar-refractivity contribution in [3.8, 4) is 6.07 Å². The average molecular weight is 320 g/mol. The van der Waals surface area contributed by atoms with Gasteiger partial charge in [0.05, 0.1) is 24.8 Å². The molecule has 0 saturated carbocycles. The monoisotopic (exact) mass is 319 g/mol. The van der Waals surface area contributed by atoms with Crippen LogP contribution in [-0.2, 0) is 18.0 Å². The number of hydrogen-bond donors (Lipinski definition) is 0. The van der Waals surface area contributed by atoms with E-state index in [9.17, 15) is 4.39 Å². The van der Waals surface area contributed by atoms with Crippen molar-refractivity contribution in [2.75, 3.05) is 0 Å². The van der Waals surface area contributed by atoms with Crippen molar-refractivity contribution < 1.29 is 9.13 Å². The second-order valence-corrected chi connectivity index (χ2v) is 4.86. The second-order valence-electron chi connectivity index (χ2n) is 4.00. The minimum Gasteiger partial charge on any atom is -0.372 e. The van der Waals surface area contributed by atoms with Gasteiger partial charge < -0.3 is 4.74 Å². The standard InChI is InChI=1S/C15H11BrFNO/c16-14-4-2-1-3-12(14)9-19-10-13-6-5-11(8-18)7-15(13)17/h1-7H,9-10H2. The summed E-state index contributed by atoms with van der Waals surface area (Å²) >= 11 is 3.43. The summed E-state index contributed by atoms with van der Waals surface area (Å²) in [6, 6.07) is 14.0. The molecule has 0 bridgehead atoms. The quantitative estimate of drug-likeness (QED) is 0.847. The molecule has 4 heteroatoms. The summed E-state index contributed by atoms with van der Waals surface area (Å²) in [4.78, 5) is 0. The third-order valence-corrected chi connectivity index (χ3v) is 3.43. The van der Waals surface area contributed by atoms with Crippen LogP contribution in [0.3, 0.4) is 0 Å². The van der Waals surface area contributed by atoms with E-state index < -0.39 is 5.82 Å². The topological polar surface area (TPSA) is 33.0 Å². The van der Waals surface area contributed by atoms with Gasteiger partial charge in [0.2, 0.25) is 0 Å². The molecule has 19 heavy (non-hydrogen) atoms. The van der Waals surface area contributed by atoms with E-state index in [2.05, 4.69) is 15.9 Å². The second kappa shape index (κ2) is 6.46. The minimum absolute atomic E-state index is 0.179. The Balaban J connectivity index is 1.97. The zero-order chi connectivity index (χ0) is 13.7. The van der Waals surface area contributed by atoms with Crippen molar-refractivity contribution in [3.05, 3.63) is 69.4 Å². The maximum atomic E-state index is 13.6. The van der Waals surface area contributed by atoms with Crippen LogP contribution in [0.4, 0.5) is 4.39 Å². The molecule has 0 N–H and O–H groups in total. The van der Waals surface area contributed by atoms with E-state index in [0.717, 1.165) is 10.0 Å². The van der Waals surface area contributed by atoms with Gasteiger partial charge in [-0.1, -0.05) is 40.2 Å². The molecule has 0 aliphatic carbocycles. The van der Waals surface area contributed by atoms with Crippen LogP contribution in [0, 0.1) is 17.1 Å². The van der Waals surface area contributed by atoms with E-state index in [-0.39, 0.29) is 6.61 Å². The summed E-state index contributed by atoms with van der Waals surface area (Å²) < 4.78 is 20.1.